The first-order valence-electron chi connectivity index (χ1n) is 4.41. The Hall–Kier alpha value is -1.43. The van der Waals surface area contributed by atoms with Crippen LogP contribution < -0.4 is 5.32 Å². The largest absolute Gasteiger partial charge is 0.481 e. The number of nitrogens with one attached hydrogen (secondary N) is 1. The summed E-state index contributed by atoms with van der Waals surface area (Å²) < 4.78 is 13.5. The van der Waals surface area contributed by atoms with E-state index in [2.05, 4.69) is 21.2 Å². The van der Waals surface area contributed by atoms with Gasteiger partial charge >= 0.3 is 5.97 Å². The minimum absolute atomic E-state index is 0.0878. The molecule has 0 spiro atoms. The van der Waals surface area contributed by atoms with Crippen molar-refractivity contribution in [3.8, 4) is 0 Å². The number of carboxylic acids is 1. The molecule has 0 unspecified atom stereocenters. The molecule has 1 aromatic carbocycles. The molecule has 0 saturated carbocycles. The van der Waals surface area contributed by atoms with E-state index in [1.54, 1.807) is 0 Å². The summed E-state index contributed by atoms with van der Waals surface area (Å²) in [6.45, 7) is 0.0878. The smallest absolute Gasteiger partial charge is 0.312 e. The van der Waals surface area contributed by atoms with E-state index in [4.69, 9.17) is 5.11 Å². The molecule has 6 heteroatoms. The maximum Gasteiger partial charge on any atom is 0.312 e. The van der Waals surface area contributed by atoms with Crippen molar-refractivity contribution in [2.75, 3.05) is 0 Å². The number of carbonyl (C=O) groups excluding carboxylic acids is 1. The van der Waals surface area contributed by atoms with Gasteiger partial charge in [0.15, 0.2) is 0 Å². The van der Waals surface area contributed by atoms with Crippen LogP contribution in [-0.4, -0.2) is 17.0 Å². The van der Waals surface area contributed by atoms with Crippen LogP contribution in [0, 0.1) is 5.82 Å². The molecule has 2 N–H and O–H groups in total. The number of hydrogen-bond donors (Lipinski definition) is 2. The van der Waals surface area contributed by atoms with Gasteiger partial charge in [0.2, 0.25) is 5.91 Å². The zero-order chi connectivity index (χ0) is 12.1. The first-order chi connectivity index (χ1) is 7.49. The predicted octanol–water partition coefficient (Wildman–Crippen LogP) is 1.68. The van der Waals surface area contributed by atoms with Crippen LogP contribution in [0.2, 0.25) is 0 Å². The van der Waals surface area contributed by atoms with Crippen molar-refractivity contribution in [3.63, 3.8) is 0 Å². The van der Waals surface area contributed by atoms with Gasteiger partial charge in [0.05, 0.1) is 0 Å². The van der Waals surface area contributed by atoms with Gasteiger partial charge in [-0.2, -0.15) is 0 Å². The molecule has 0 fully saturated rings. The van der Waals surface area contributed by atoms with Gasteiger partial charge in [-0.25, -0.2) is 4.39 Å². The van der Waals surface area contributed by atoms with Crippen LogP contribution in [0.15, 0.2) is 22.7 Å². The Bertz CT molecular complexity index is 423. The number of halogens is 2. The molecule has 0 aromatic heterocycles. The molecule has 1 aromatic rings. The number of carbonyl (C=O) groups is 2. The van der Waals surface area contributed by atoms with Crippen LogP contribution in [0.5, 0.6) is 0 Å². The van der Waals surface area contributed by atoms with Crippen molar-refractivity contribution in [1.82, 2.24) is 5.32 Å². The van der Waals surface area contributed by atoms with Crippen LogP contribution in [0.3, 0.4) is 0 Å². The normalized spacial score (nSPS) is 9.88. The fourth-order valence-corrected chi connectivity index (χ4v) is 1.46. The Labute approximate surface area is 99.6 Å². The van der Waals surface area contributed by atoms with E-state index in [9.17, 15) is 14.0 Å². The van der Waals surface area contributed by atoms with Gasteiger partial charge in [-0.05, 0) is 23.8 Å². The van der Waals surface area contributed by atoms with Gasteiger partial charge in [-0.3, -0.25) is 9.59 Å². The molecule has 0 heterocycles. The molecule has 4 nitrogen and oxygen atoms in total. The zero-order valence-electron chi connectivity index (χ0n) is 8.17. The minimum atomic E-state index is -1.20. The highest BCUT2D eigenvalue weighted by atomic mass is 79.9. The van der Waals surface area contributed by atoms with E-state index >= 15 is 0 Å². The number of carboxylic acid groups (broad SMARTS) is 1. The summed E-state index contributed by atoms with van der Waals surface area (Å²) in [7, 11) is 0. The van der Waals surface area contributed by atoms with Gasteiger partial charge < -0.3 is 10.4 Å². The molecule has 0 radical (unpaired) electrons. The highest BCUT2D eigenvalue weighted by molar-refractivity contribution is 9.10. The van der Waals surface area contributed by atoms with Crippen LogP contribution in [0.25, 0.3) is 0 Å². The second-order valence-corrected chi connectivity index (χ2v) is 3.94. The van der Waals surface area contributed by atoms with Crippen LogP contribution in [0.1, 0.15) is 12.0 Å². The Morgan fingerprint density at radius 3 is 2.75 bits per heavy atom. The summed E-state index contributed by atoms with van der Waals surface area (Å²) in [6, 6.07) is 4.08. The summed E-state index contributed by atoms with van der Waals surface area (Å²) in [5, 5.41) is 10.7. The molecule has 0 aliphatic rings. The first-order valence-corrected chi connectivity index (χ1v) is 5.21. The molecule has 0 bridgehead atoms. The Morgan fingerprint density at radius 2 is 2.12 bits per heavy atom. The van der Waals surface area contributed by atoms with E-state index in [0.717, 1.165) is 0 Å². The summed E-state index contributed by atoms with van der Waals surface area (Å²) in [5.74, 6) is -2.22. The van der Waals surface area contributed by atoms with Crippen molar-refractivity contribution in [1.29, 1.82) is 0 Å². The molecule has 16 heavy (non-hydrogen) atoms. The lowest BCUT2D eigenvalue weighted by Crippen LogP contribution is -2.25. The van der Waals surface area contributed by atoms with Crippen LogP contribution in [0.4, 0.5) is 4.39 Å². The van der Waals surface area contributed by atoms with E-state index in [-0.39, 0.29) is 6.54 Å². The second-order valence-electron chi connectivity index (χ2n) is 3.08. The summed E-state index contributed by atoms with van der Waals surface area (Å²) in [4.78, 5) is 21.2. The van der Waals surface area contributed by atoms with Gasteiger partial charge in [-0.1, -0.05) is 15.9 Å². The molecule has 0 aliphatic carbocycles. The van der Waals surface area contributed by atoms with Gasteiger partial charge in [0.25, 0.3) is 0 Å². The minimum Gasteiger partial charge on any atom is -0.481 e. The standard InChI is InChI=1S/C10H9BrFNO3/c11-8-2-1-7(12)3-6(8)5-13-9(14)4-10(15)16/h1-3H,4-5H2,(H,13,14)(H,15,16). The quantitative estimate of drug-likeness (QED) is 0.829. The SMILES string of the molecule is O=C(O)CC(=O)NCc1cc(F)ccc1Br. The zero-order valence-corrected chi connectivity index (χ0v) is 9.75. The van der Waals surface area contributed by atoms with Crippen molar-refractivity contribution in [3.05, 3.63) is 34.1 Å². The number of benzene rings is 1. The van der Waals surface area contributed by atoms with E-state index in [1.807, 2.05) is 0 Å². The van der Waals surface area contributed by atoms with E-state index in [1.165, 1.54) is 18.2 Å². The molecular formula is C10H9BrFNO3. The van der Waals surface area contributed by atoms with Gasteiger partial charge in [0, 0.05) is 11.0 Å². The highest BCUT2D eigenvalue weighted by Gasteiger charge is 2.08. The summed E-state index contributed by atoms with van der Waals surface area (Å²) in [6.07, 6.45) is -0.590. The number of hydrogen-bond acceptors (Lipinski definition) is 2. The van der Waals surface area contributed by atoms with Crippen molar-refractivity contribution >= 4 is 27.8 Å². The Kier molecular flexibility index (Phi) is 4.42. The average molecular weight is 290 g/mol. The van der Waals surface area contributed by atoms with Gasteiger partial charge in [0.1, 0.15) is 12.2 Å². The molecule has 1 amide bonds. The Morgan fingerprint density at radius 1 is 1.44 bits per heavy atom. The van der Waals surface area contributed by atoms with Crippen molar-refractivity contribution in [2.24, 2.45) is 0 Å². The highest BCUT2D eigenvalue weighted by Crippen LogP contribution is 2.17. The number of rotatable bonds is 4. The number of aliphatic carboxylic acids is 1. The fourth-order valence-electron chi connectivity index (χ4n) is 1.07. The topological polar surface area (TPSA) is 66.4 Å². The number of amides is 1. The molecule has 0 saturated heterocycles. The van der Waals surface area contributed by atoms with Crippen LogP contribution in [-0.2, 0) is 16.1 Å². The van der Waals surface area contributed by atoms with Crippen molar-refractivity contribution < 1.29 is 19.1 Å². The van der Waals surface area contributed by atoms with Gasteiger partial charge in [-0.15, -0.1) is 0 Å². The van der Waals surface area contributed by atoms with Crippen molar-refractivity contribution in [2.45, 2.75) is 13.0 Å². The summed E-state index contributed by atoms with van der Waals surface area (Å²) in [5.41, 5.74) is 0.554. The molecule has 86 valence electrons. The average Bonchev–Trinajstić information content (AvgIpc) is 2.18. The second kappa shape index (κ2) is 5.60. The monoisotopic (exact) mass is 289 g/mol. The molecule has 0 atom stereocenters. The third-order valence-electron chi connectivity index (χ3n) is 1.80. The van der Waals surface area contributed by atoms with Crippen LogP contribution >= 0.6 is 15.9 Å². The van der Waals surface area contributed by atoms with E-state index < -0.39 is 24.1 Å². The lowest BCUT2D eigenvalue weighted by Gasteiger charge is -2.06. The lowest BCUT2D eigenvalue weighted by atomic mass is 10.2. The van der Waals surface area contributed by atoms with E-state index in [0.29, 0.717) is 10.0 Å². The summed E-state index contributed by atoms with van der Waals surface area (Å²) >= 11 is 3.20. The molecule has 1 rings (SSSR count). The fraction of sp³-hybridized carbons (Fsp3) is 0.200. The maximum absolute atomic E-state index is 12.9. The third kappa shape index (κ3) is 3.98. The maximum atomic E-state index is 12.9. The molecule has 0 aliphatic heterocycles. The third-order valence-corrected chi connectivity index (χ3v) is 2.57. The first kappa shape index (κ1) is 12.6. The lowest BCUT2D eigenvalue weighted by molar-refractivity contribution is -0.140. The predicted molar refractivity (Wildman–Crippen MR) is 58.2 cm³/mol. The molecular weight excluding hydrogens is 281 g/mol. The Balaban J connectivity index is 2.57.